The van der Waals surface area contributed by atoms with Crippen molar-refractivity contribution in [1.82, 2.24) is 4.98 Å². The molecule has 0 aliphatic carbocycles. The molecule has 1 heterocycles. The molecule has 0 amide bonds. The summed E-state index contributed by atoms with van der Waals surface area (Å²) in [5, 5.41) is 1.62. The summed E-state index contributed by atoms with van der Waals surface area (Å²) in [6.45, 7) is 2.11. The lowest BCUT2D eigenvalue weighted by molar-refractivity contribution is 0.0521. The molecule has 0 fully saturated rings. The van der Waals surface area contributed by atoms with Crippen LogP contribution in [0.5, 0.6) is 0 Å². The normalized spacial score (nSPS) is 11.1. The summed E-state index contributed by atoms with van der Waals surface area (Å²) < 4.78 is 7.09. The monoisotopic (exact) mass is 501 g/mol. The van der Waals surface area contributed by atoms with Crippen LogP contribution in [-0.4, -0.2) is 23.8 Å². The number of carbonyl (C=O) groups excluding carboxylic acids is 1. The summed E-state index contributed by atoms with van der Waals surface area (Å²) in [5.74, 6) is -0.376. The minimum Gasteiger partial charge on any atom is -0.461 e. The van der Waals surface area contributed by atoms with E-state index in [-0.39, 0.29) is 5.97 Å². The molecule has 2 aromatic carbocycles. The number of thioether (sulfide) groups is 1. The third kappa shape index (κ3) is 3.50. The Morgan fingerprint density at radius 3 is 2.52 bits per heavy atom. The fourth-order valence-electron chi connectivity index (χ4n) is 2.74. The molecule has 7 heteroatoms. The minimum atomic E-state index is -0.376. The van der Waals surface area contributed by atoms with Crippen molar-refractivity contribution < 1.29 is 9.53 Å². The van der Waals surface area contributed by atoms with E-state index in [2.05, 4.69) is 36.8 Å². The van der Waals surface area contributed by atoms with Gasteiger partial charge in [0, 0.05) is 29.8 Å². The van der Waals surface area contributed by atoms with Crippen molar-refractivity contribution in [3.05, 3.63) is 50.0 Å². The number of ether oxygens (including phenoxy) is 1. The van der Waals surface area contributed by atoms with Crippen molar-refractivity contribution in [1.29, 1.82) is 0 Å². The molecule has 1 N–H and O–H groups in total. The standard InChI is InChI=1S/C18H14Br2ClNO2S/c1-3-24-18(23)16-13(9-4-6-10(21)7-5-9)14-15(22-16)11(19)8-12(20)17(14)25-2/h4-8,22H,3H2,1-2H3. The number of rotatable bonds is 4. The summed E-state index contributed by atoms with van der Waals surface area (Å²) in [6.07, 6.45) is 2.01. The number of carbonyl (C=O) groups is 1. The molecule has 0 aliphatic rings. The maximum absolute atomic E-state index is 12.6. The van der Waals surface area contributed by atoms with E-state index in [0.717, 1.165) is 35.9 Å². The van der Waals surface area contributed by atoms with Crippen LogP contribution in [0.4, 0.5) is 0 Å². The fourth-order valence-corrected chi connectivity index (χ4v) is 5.27. The first kappa shape index (κ1) is 18.8. The Morgan fingerprint density at radius 2 is 1.92 bits per heavy atom. The van der Waals surface area contributed by atoms with Crippen molar-refractivity contribution in [3.63, 3.8) is 0 Å². The van der Waals surface area contributed by atoms with Crippen molar-refractivity contribution in [2.24, 2.45) is 0 Å². The fraction of sp³-hybridized carbons (Fsp3) is 0.167. The Balaban J connectivity index is 2.42. The second-order valence-corrected chi connectivity index (χ2v) is 8.19. The third-order valence-electron chi connectivity index (χ3n) is 3.75. The molecule has 0 aliphatic heterocycles. The van der Waals surface area contributed by atoms with E-state index >= 15 is 0 Å². The average Bonchev–Trinajstić information content (AvgIpc) is 2.97. The molecule has 0 bridgehead atoms. The minimum absolute atomic E-state index is 0.314. The summed E-state index contributed by atoms with van der Waals surface area (Å²) in [6, 6.07) is 9.43. The van der Waals surface area contributed by atoms with Crippen LogP contribution in [0, 0.1) is 0 Å². The topological polar surface area (TPSA) is 42.1 Å². The smallest absolute Gasteiger partial charge is 0.355 e. The van der Waals surface area contributed by atoms with E-state index in [0.29, 0.717) is 17.3 Å². The highest BCUT2D eigenvalue weighted by atomic mass is 79.9. The van der Waals surface area contributed by atoms with Crippen LogP contribution in [0.2, 0.25) is 5.02 Å². The molecule has 0 saturated heterocycles. The van der Waals surface area contributed by atoms with Crippen LogP contribution in [0.15, 0.2) is 44.2 Å². The number of aromatic nitrogens is 1. The van der Waals surface area contributed by atoms with Crippen LogP contribution in [-0.2, 0) is 4.74 Å². The molecule has 3 rings (SSSR count). The quantitative estimate of drug-likeness (QED) is 0.311. The van der Waals surface area contributed by atoms with Crippen molar-refractivity contribution in [2.75, 3.05) is 12.9 Å². The first-order valence-electron chi connectivity index (χ1n) is 7.48. The summed E-state index contributed by atoms with van der Waals surface area (Å²) in [7, 11) is 0. The Kier molecular flexibility index (Phi) is 5.83. The van der Waals surface area contributed by atoms with Gasteiger partial charge in [-0.05, 0) is 68.8 Å². The number of nitrogens with one attached hydrogen (secondary N) is 1. The molecule has 25 heavy (non-hydrogen) atoms. The molecule has 0 unspecified atom stereocenters. The number of benzene rings is 2. The predicted octanol–water partition coefficient (Wildman–Crippen LogP) is 6.91. The molecular weight excluding hydrogens is 490 g/mol. The average molecular weight is 504 g/mol. The molecule has 0 atom stereocenters. The first-order chi connectivity index (χ1) is 12.0. The van der Waals surface area contributed by atoms with E-state index in [1.54, 1.807) is 18.7 Å². The van der Waals surface area contributed by atoms with Gasteiger partial charge >= 0.3 is 5.97 Å². The third-order valence-corrected chi connectivity index (χ3v) is 6.35. The Morgan fingerprint density at radius 1 is 1.24 bits per heavy atom. The van der Waals surface area contributed by atoms with Gasteiger partial charge in [0.1, 0.15) is 5.69 Å². The number of hydrogen-bond donors (Lipinski definition) is 1. The van der Waals surface area contributed by atoms with Crippen LogP contribution in [0.3, 0.4) is 0 Å². The molecule has 0 radical (unpaired) electrons. The second kappa shape index (κ2) is 7.74. The van der Waals surface area contributed by atoms with Crippen LogP contribution in [0.25, 0.3) is 22.0 Å². The zero-order valence-corrected chi connectivity index (χ0v) is 18.2. The van der Waals surface area contributed by atoms with Crippen molar-refractivity contribution in [3.8, 4) is 11.1 Å². The number of fused-ring (bicyclic) bond motifs is 1. The van der Waals surface area contributed by atoms with E-state index < -0.39 is 0 Å². The summed E-state index contributed by atoms with van der Waals surface area (Å²) in [5.41, 5.74) is 3.02. The van der Waals surface area contributed by atoms with Crippen LogP contribution in [0.1, 0.15) is 17.4 Å². The lowest BCUT2D eigenvalue weighted by Gasteiger charge is -2.09. The molecular formula is C18H14Br2ClNO2S. The first-order valence-corrected chi connectivity index (χ1v) is 10.7. The van der Waals surface area contributed by atoms with Gasteiger partial charge in [0.05, 0.1) is 12.1 Å². The molecule has 1 aromatic heterocycles. The zero-order valence-electron chi connectivity index (χ0n) is 13.5. The number of halogens is 3. The van der Waals surface area contributed by atoms with Gasteiger partial charge in [-0.3, -0.25) is 0 Å². The van der Waals surface area contributed by atoms with Crippen LogP contribution >= 0.6 is 55.2 Å². The highest BCUT2D eigenvalue weighted by molar-refractivity contribution is 9.11. The molecule has 0 saturated carbocycles. The summed E-state index contributed by atoms with van der Waals surface area (Å²) >= 11 is 14.9. The van der Waals surface area contributed by atoms with Gasteiger partial charge in [-0.25, -0.2) is 4.79 Å². The largest absolute Gasteiger partial charge is 0.461 e. The van der Waals surface area contributed by atoms with E-state index in [1.807, 2.05) is 36.6 Å². The van der Waals surface area contributed by atoms with Crippen molar-refractivity contribution >= 4 is 72.1 Å². The van der Waals surface area contributed by atoms with E-state index in [4.69, 9.17) is 16.3 Å². The maximum Gasteiger partial charge on any atom is 0.355 e. The van der Waals surface area contributed by atoms with Gasteiger partial charge in [0.2, 0.25) is 0 Å². The van der Waals surface area contributed by atoms with Gasteiger partial charge in [-0.1, -0.05) is 23.7 Å². The molecule has 130 valence electrons. The lowest BCUT2D eigenvalue weighted by Crippen LogP contribution is -2.06. The van der Waals surface area contributed by atoms with Gasteiger partial charge in [-0.2, -0.15) is 0 Å². The van der Waals surface area contributed by atoms with Gasteiger partial charge in [0.25, 0.3) is 0 Å². The molecule has 3 nitrogen and oxygen atoms in total. The maximum atomic E-state index is 12.6. The highest BCUT2D eigenvalue weighted by Crippen LogP contribution is 2.44. The van der Waals surface area contributed by atoms with Crippen LogP contribution < -0.4 is 0 Å². The highest BCUT2D eigenvalue weighted by Gasteiger charge is 2.24. The molecule has 3 aromatic rings. The number of aromatic amines is 1. The Hall–Kier alpha value is -0.950. The van der Waals surface area contributed by atoms with E-state index in [9.17, 15) is 4.79 Å². The number of hydrogen-bond acceptors (Lipinski definition) is 3. The number of esters is 1. The van der Waals surface area contributed by atoms with Crippen molar-refractivity contribution in [2.45, 2.75) is 11.8 Å². The zero-order chi connectivity index (χ0) is 18.1. The SMILES string of the molecule is CCOC(=O)c1[nH]c2c(Br)cc(Br)c(SC)c2c1-c1ccc(Cl)cc1. The van der Waals surface area contributed by atoms with Gasteiger partial charge in [-0.15, -0.1) is 11.8 Å². The second-order valence-electron chi connectivity index (χ2n) is 5.23. The molecule has 0 spiro atoms. The summed E-state index contributed by atoms with van der Waals surface area (Å²) in [4.78, 5) is 16.9. The number of H-pyrrole nitrogens is 1. The van der Waals surface area contributed by atoms with Gasteiger partial charge < -0.3 is 9.72 Å². The predicted molar refractivity (Wildman–Crippen MR) is 112 cm³/mol. The van der Waals surface area contributed by atoms with Gasteiger partial charge in [0.15, 0.2) is 0 Å². The Labute approximate surface area is 171 Å². The lowest BCUT2D eigenvalue weighted by atomic mass is 10.0. The Bertz CT molecular complexity index is 954. The van der Waals surface area contributed by atoms with E-state index in [1.165, 1.54) is 0 Å².